The lowest BCUT2D eigenvalue weighted by Crippen LogP contribution is -2.35. The summed E-state index contributed by atoms with van der Waals surface area (Å²) in [5.41, 5.74) is -1.28. The third kappa shape index (κ3) is 3.15. The molecule has 7 heteroatoms. The summed E-state index contributed by atoms with van der Waals surface area (Å²) in [7, 11) is -3.45. The highest BCUT2D eigenvalue weighted by molar-refractivity contribution is 7.91. The number of benzene rings is 1. The maximum Gasteiger partial charge on any atom is 0.389 e. The van der Waals surface area contributed by atoms with Gasteiger partial charge in [0.1, 0.15) is 0 Å². The van der Waals surface area contributed by atoms with Crippen LogP contribution in [0.15, 0.2) is 29.2 Å². The van der Waals surface area contributed by atoms with Crippen LogP contribution in [0.1, 0.15) is 31.2 Å². The number of halogens is 3. The molecule has 1 N–H and O–H groups in total. The van der Waals surface area contributed by atoms with E-state index in [2.05, 4.69) is 0 Å². The summed E-state index contributed by atoms with van der Waals surface area (Å²) < 4.78 is 60.3. The van der Waals surface area contributed by atoms with Crippen LogP contribution in [-0.2, 0) is 15.4 Å². The van der Waals surface area contributed by atoms with Crippen LogP contribution in [0, 0.1) is 0 Å². The zero-order valence-corrected chi connectivity index (χ0v) is 11.5. The van der Waals surface area contributed by atoms with Crippen LogP contribution in [0.5, 0.6) is 0 Å². The van der Waals surface area contributed by atoms with Crippen molar-refractivity contribution in [3.05, 3.63) is 29.8 Å². The van der Waals surface area contributed by atoms with Gasteiger partial charge in [0.15, 0.2) is 9.84 Å². The first-order valence-electron chi connectivity index (χ1n) is 6.25. The highest BCUT2D eigenvalue weighted by Crippen LogP contribution is 2.40. The van der Waals surface area contributed by atoms with Gasteiger partial charge in [0.2, 0.25) is 0 Å². The van der Waals surface area contributed by atoms with Crippen LogP contribution >= 0.6 is 0 Å². The number of rotatable bonds is 3. The molecule has 0 aromatic heterocycles. The predicted molar refractivity (Wildman–Crippen MR) is 66.9 cm³/mol. The molecule has 1 aromatic carbocycles. The lowest BCUT2D eigenvalue weighted by Gasteiger charge is -2.34. The maximum absolute atomic E-state index is 12.2. The molecule has 20 heavy (non-hydrogen) atoms. The van der Waals surface area contributed by atoms with Gasteiger partial charge in [-0.05, 0) is 25.3 Å². The molecule has 0 aliphatic carbocycles. The normalized spacial score (nSPS) is 25.2. The fourth-order valence-corrected chi connectivity index (χ4v) is 4.22. The number of aliphatic hydroxyl groups is 1. The molecule has 0 saturated heterocycles. The van der Waals surface area contributed by atoms with Gasteiger partial charge in [-0.15, -0.1) is 0 Å². The van der Waals surface area contributed by atoms with Crippen molar-refractivity contribution >= 4 is 9.84 Å². The summed E-state index contributed by atoms with van der Waals surface area (Å²) in [6, 6.07) is 5.98. The Balaban J connectivity index is 2.25. The van der Waals surface area contributed by atoms with Crippen LogP contribution in [-0.4, -0.2) is 25.5 Å². The zero-order valence-electron chi connectivity index (χ0n) is 10.7. The Morgan fingerprint density at radius 3 is 2.55 bits per heavy atom. The second-order valence-electron chi connectivity index (χ2n) is 5.07. The van der Waals surface area contributed by atoms with Crippen molar-refractivity contribution < 1.29 is 26.7 Å². The van der Waals surface area contributed by atoms with Crippen LogP contribution in [0.2, 0.25) is 0 Å². The zero-order chi connectivity index (χ0) is 15.0. The third-order valence-corrected chi connectivity index (χ3v) is 5.33. The molecular formula is C13H15F3O3S. The molecule has 0 amide bonds. The molecule has 1 aliphatic rings. The molecule has 0 bridgehead atoms. The van der Waals surface area contributed by atoms with E-state index < -0.39 is 28.0 Å². The summed E-state index contributed by atoms with van der Waals surface area (Å²) in [6.45, 7) is 0. The van der Waals surface area contributed by atoms with Gasteiger partial charge in [-0.1, -0.05) is 18.2 Å². The number of hydrogen-bond acceptors (Lipinski definition) is 3. The molecule has 112 valence electrons. The number of fused-ring (bicyclic) bond motifs is 1. The van der Waals surface area contributed by atoms with Gasteiger partial charge in [-0.25, -0.2) is 8.42 Å². The van der Waals surface area contributed by atoms with Crippen LogP contribution < -0.4 is 0 Å². The fourth-order valence-electron chi connectivity index (χ4n) is 2.51. The SMILES string of the molecule is O=S1(=O)CCC(O)(CCCC(F)(F)F)c2ccccc21. The van der Waals surface area contributed by atoms with Gasteiger partial charge >= 0.3 is 6.18 Å². The van der Waals surface area contributed by atoms with Crippen molar-refractivity contribution in [2.24, 2.45) is 0 Å². The van der Waals surface area contributed by atoms with E-state index in [1.807, 2.05) is 0 Å². The van der Waals surface area contributed by atoms with Crippen LogP contribution in [0.25, 0.3) is 0 Å². The van der Waals surface area contributed by atoms with Gasteiger partial charge in [-0.2, -0.15) is 13.2 Å². The molecule has 1 atom stereocenters. The fraction of sp³-hybridized carbons (Fsp3) is 0.538. The highest BCUT2D eigenvalue weighted by Gasteiger charge is 2.40. The number of alkyl halides is 3. The quantitative estimate of drug-likeness (QED) is 0.934. The van der Waals surface area contributed by atoms with E-state index in [9.17, 15) is 26.7 Å². The summed E-state index contributed by atoms with van der Waals surface area (Å²) in [5, 5.41) is 10.5. The molecule has 0 radical (unpaired) electrons. The smallest absolute Gasteiger partial charge is 0.385 e. The van der Waals surface area contributed by atoms with E-state index in [1.165, 1.54) is 18.2 Å². The van der Waals surface area contributed by atoms with E-state index in [-0.39, 0.29) is 35.5 Å². The minimum atomic E-state index is -4.27. The highest BCUT2D eigenvalue weighted by atomic mass is 32.2. The monoisotopic (exact) mass is 308 g/mol. The van der Waals surface area contributed by atoms with Crippen molar-refractivity contribution in [3.8, 4) is 0 Å². The molecule has 1 aliphatic heterocycles. The number of hydrogen-bond donors (Lipinski definition) is 1. The minimum Gasteiger partial charge on any atom is -0.385 e. The first kappa shape index (κ1) is 15.3. The van der Waals surface area contributed by atoms with Crippen molar-refractivity contribution in [1.82, 2.24) is 0 Å². The second kappa shape index (κ2) is 5.04. The summed E-state index contributed by atoms with van der Waals surface area (Å²) >= 11 is 0. The van der Waals surface area contributed by atoms with Crippen molar-refractivity contribution in [2.45, 2.75) is 42.4 Å². The Morgan fingerprint density at radius 1 is 1.25 bits per heavy atom. The summed E-state index contributed by atoms with van der Waals surface area (Å²) in [6.07, 6.45) is -5.64. The van der Waals surface area contributed by atoms with Crippen molar-refractivity contribution in [2.75, 3.05) is 5.75 Å². The van der Waals surface area contributed by atoms with Crippen LogP contribution in [0.3, 0.4) is 0 Å². The largest absolute Gasteiger partial charge is 0.389 e. The summed E-state index contributed by atoms with van der Waals surface area (Å²) in [5.74, 6) is -0.244. The molecule has 1 heterocycles. The molecule has 0 fully saturated rings. The van der Waals surface area contributed by atoms with Crippen LogP contribution in [0.4, 0.5) is 13.2 Å². The Bertz CT molecular complexity index is 595. The van der Waals surface area contributed by atoms with Gasteiger partial charge in [0, 0.05) is 12.0 Å². The first-order valence-corrected chi connectivity index (χ1v) is 7.91. The average Bonchev–Trinajstić information content (AvgIpc) is 2.34. The minimum absolute atomic E-state index is 0.0285. The predicted octanol–water partition coefficient (Wildman–Crippen LogP) is 2.78. The second-order valence-corrected chi connectivity index (χ2v) is 7.14. The Kier molecular flexibility index (Phi) is 3.85. The van der Waals surface area contributed by atoms with E-state index >= 15 is 0 Å². The molecule has 3 nitrogen and oxygen atoms in total. The standard InChI is InChI=1S/C13H15F3O3S/c14-13(15,16)7-3-6-12(17)8-9-20(18,19)11-5-2-1-4-10(11)12/h1-2,4-5,17H,3,6-9H2. The van der Waals surface area contributed by atoms with E-state index in [1.54, 1.807) is 6.07 Å². The lowest BCUT2D eigenvalue weighted by atomic mass is 9.85. The number of sulfone groups is 1. The molecule has 1 unspecified atom stereocenters. The van der Waals surface area contributed by atoms with Gasteiger partial charge in [0.05, 0.1) is 16.2 Å². The van der Waals surface area contributed by atoms with Crippen molar-refractivity contribution in [1.29, 1.82) is 0 Å². The third-order valence-electron chi connectivity index (χ3n) is 3.56. The molecule has 2 rings (SSSR count). The van der Waals surface area contributed by atoms with Gasteiger partial charge < -0.3 is 5.11 Å². The Labute approximate surface area is 115 Å². The molecule has 0 spiro atoms. The topological polar surface area (TPSA) is 54.4 Å². The molecule has 0 saturated carbocycles. The Morgan fingerprint density at radius 2 is 1.90 bits per heavy atom. The first-order chi connectivity index (χ1) is 9.14. The maximum atomic E-state index is 12.2. The Hall–Kier alpha value is -1.08. The average molecular weight is 308 g/mol. The van der Waals surface area contributed by atoms with E-state index in [0.717, 1.165) is 0 Å². The van der Waals surface area contributed by atoms with E-state index in [0.29, 0.717) is 0 Å². The molecular weight excluding hydrogens is 293 g/mol. The lowest BCUT2D eigenvalue weighted by molar-refractivity contribution is -0.138. The van der Waals surface area contributed by atoms with Crippen molar-refractivity contribution in [3.63, 3.8) is 0 Å². The van der Waals surface area contributed by atoms with E-state index in [4.69, 9.17) is 0 Å². The summed E-state index contributed by atoms with van der Waals surface area (Å²) in [4.78, 5) is 0.0285. The van der Waals surface area contributed by atoms with Gasteiger partial charge in [0.25, 0.3) is 0 Å². The van der Waals surface area contributed by atoms with Gasteiger partial charge in [-0.3, -0.25) is 0 Å². The molecule has 1 aromatic rings.